The lowest BCUT2D eigenvalue weighted by Crippen LogP contribution is -2.43. The molecule has 2 fully saturated rings. The molecule has 5 heteroatoms. The van der Waals surface area contributed by atoms with Gasteiger partial charge in [0.2, 0.25) is 0 Å². The second-order valence-electron chi connectivity index (χ2n) is 5.79. The van der Waals surface area contributed by atoms with Gasteiger partial charge in [-0.2, -0.15) is 11.8 Å². The molecule has 112 valence electrons. The number of hydrogen-bond acceptors (Lipinski definition) is 4. The van der Waals surface area contributed by atoms with Crippen LogP contribution in [-0.2, 0) is 4.74 Å². The molecule has 1 aromatic heterocycles. The van der Waals surface area contributed by atoms with E-state index < -0.39 is 0 Å². The van der Waals surface area contributed by atoms with Crippen molar-refractivity contribution in [1.29, 1.82) is 0 Å². The highest BCUT2D eigenvalue weighted by atomic mass is 79.9. The van der Waals surface area contributed by atoms with Gasteiger partial charge in [0.15, 0.2) is 0 Å². The Morgan fingerprint density at radius 1 is 1.60 bits per heavy atom. The summed E-state index contributed by atoms with van der Waals surface area (Å²) in [6.07, 6.45) is 3.63. The number of ether oxygens (including phenoxy) is 1. The van der Waals surface area contributed by atoms with Crippen molar-refractivity contribution in [3.8, 4) is 0 Å². The monoisotopic (exact) mass is 375 g/mol. The lowest BCUT2D eigenvalue weighted by molar-refractivity contribution is -0.0851. The predicted molar refractivity (Wildman–Crippen MR) is 91.8 cm³/mol. The molecule has 2 aliphatic rings. The first-order valence-electron chi connectivity index (χ1n) is 7.41. The number of halogens is 1. The zero-order valence-corrected chi connectivity index (χ0v) is 15.1. The van der Waals surface area contributed by atoms with Gasteiger partial charge in [-0.05, 0) is 59.5 Å². The van der Waals surface area contributed by atoms with E-state index in [0.717, 1.165) is 13.2 Å². The molecular formula is C15H22BrNOS2. The number of hydrogen-bond donors (Lipinski definition) is 1. The smallest absolute Gasteiger partial charge is 0.0783 e. The highest BCUT2D eigenvalue weighted by Crippen LogP contribution is 2.45. The highest BCUT2D eigenvalue weighted by molar-refractivity contribution is 9.10. The summed E-state index contributed by atoms with van der Waals surface area (Å²) in [4.78, 5) is 1.46. The summed E-state index contributed by atoms with van der Waals surface area (Å²) in [6.45, 7) is 4.16. The van der Waals surface area contributed by atoms with E-state index in [-0.39, 0.29) is 5.60 Å². The average Bonchev–Trinajstić information content (AvgIpc) is 3.06. The van der Waals surface area contributed by atoms with E-state index >= 15 is 0 Å². The van der Waals surface area contributed by atoms with Crippen LogP contribution in [-0.4, -0.2) is 30.3 Å². The van der Waals surface area contributed by atoms with Crippen LogP contribution in [0.2, 0.25) is 0 Å². The molecule has 2 saturated heterocycles. The molecule has 1 spiro atoms. The zero-order chi connectivity index (χ0) is 14.0. The number of rotatable bonds is 4. The second kappa shape index (κ2) is 6.69. The van der Waals surface area contributed by atoms with Crippen molar-refractivity contribution < 1.29 is 4.74 Å². The third-order valence-electron chi connectivity index (χ3n) is 4.39. The molecule has 0 saturated carbocycles. The predicted octanol–water partition coefficient (Wildman–Crippen LogP) is 4.46. The lowest BCUT2D eigenvalue weighted by Gasteiger charge is -2.41. The maximum absolute atomic E-state index is 6.17. The zero-order valence-electron chi connectivity index (χ0n) is 11.9. The molecule has 2 nitrogen and oxygen atoms in total. The average molecular weight is 376 g/mol. The fourth-order valence-corrected chi connectivity index (χ4v) is 6.42. The minimum atomic E-state index is 0.176. The molecule has 0 aliphatic carbocycles. The van der Waals surface area contributed by atoms with E-state index in [0.29, 0.717) is 12.0 Å². The summed E-state index contributed by atoms with van der Waals surface area (Å²) in [5.74, 6) is 3.16. The lowest BCUT2D eigenvalue weighted by atomic mass is 9.80. The maximum atomic E-state index is 6.17. The Hall–Kier alpha value is 0.450. The van der Waals surface area contributed by atoms with Crippen LogP contribution in [0.15, 0.2) is 15.9 Å². The van der Waals surface area contributed by atoms with Crippen molar-refractivity contribution in [1.82, 2.24) is 5.32 Å². The molecule has 20 heavy (non-hydrogen) atoms. The van der Waals surface area contributed by atoms with Gasteiger partial charge in [-0.15, -0.1) is 11.3 Å². The highest BCUT2D eigenvalue weighted by Gasteiger charge is 2.42. The Morgan fingerprint density at radius 2 is 2.50 bits per heavy atom. The summed E-state index contributed by atoms with van der Waals surface area (Å²) in [7, 11) is 0. The van der Waals surface area contributed by atoms with Crippen molar-refractivity contribution in [2.75, 3.05) is 24.7 Å². The van der Waals surface area contributed by atoms with Crippen molar-refractivity contribution >= 4 is 39.0 Å². The van der Waals surface area contributed by atoms with Crippen LogP contribution >= 0.6 is 39.0 Å². The van der Waals surface area contributed by atoms with Gasteiger partial charge in [-0.3, -0.25) is 0 Å². The van der Waals surface area contributed by atoms with Crippen molar-refractivity contribution in [3.05, 3.63) is 20.8 Å². The molecule has 0 bridgehead atoms. The normalized spacial score (nSPS) is 31.8. The first kappa shape index (κ1) is 15.3. The van der Waals surface area contributed by atoms with Crippen LogP contribution in [0.4, 0.5) is 0 Å². The quantitative estimate of drug-likeness (QED) is 0.838. The molecule has 1 N–H and O–H groups in total. The third-order valence-corrected chi connectivity index (χ3v) is 7.39. The maximum Gasteiger partial charge on any atom is 0.0783 e. The van der Waals surface area contributed by atoms with Gasteiger partial charge in [-0.25, -0.2) is 0 Å². The molecule has 1 aromatic rings. The number of thioether (sulfide) groups is 1. The summed E-state index contributed by atoms with van der Waals surface area (Å²) in [5.41, 5.74) is 0.176. The molecule has 0 amide bonds. The standard InChI is InChI=1S/C15H22BrNOS2/c1-2-17-14(13-7-12(16)9-20-13)11-3-5-18-15(8-11)4-6-19-10-15/h7,9,11,14,17H,2-6,8,10H2,1H3. The largest absolute Gasteiger partial charge is 0.374 e. The molecule has 0 aromatic carbocycles. The summed E-state index contributed by atoms with van der Waals surface area (Å²) < 4.78 is 7.38. The molecule has 3 atom stereocenters. The summed E-state index contributed by atoms with van der Waals surface area (Å²) >= 11 is 7.51. The van der Waals surface area contributed by atoms with Crippen molar-refractivity contribution in [2.45, 2.75) is 37.8 Å². The van der Waals surface area contributed by atoms with Gasteiger partial charge in [0, 0.05) is 33.1 Å². The SMILES string of the molecule is CCNC(c1cc(Br)cs1)C1CCOC2(CCSC2)C1. The minimum absolute atomic E-state index is 0.176. The van der Waals surface area contributed by atoms with E-state index in [1.54, 1.807) is 0 Å². The Balaban J connectivity index is 1.76. The molecule has 3 heterocycles. The number of nitrogens with one attached hydrogen (secondary N) is 1. The van der Waals surface area contributed by atoms with E-state index in [4.69, 9.17) is 4.74 Å². The van der Waals surface area contributed by atoms with E-state index in [9.17, 15) is 0 Å². The van der Waals surface area contributed by atoms with Crippen LogP contribution < -0.4 is 5.32 Å². The minimum Gasteiger partial charge on any atom is -0.374 e. The molecule has 3 rings (SSSR count). The van der Waals surface area contributed by atoms with Gasteiger partial charge < -0.3 is 10.1 Å². The van der Waals surface area contributed by atoms with Gasteiger partial charge in [0.25, 0.3) is 0 Å². The Kier molecular flexibility index (Phi) is 5.14. The fraction of sp³-hybridized carbons (Fsp3) is 0.733. The second-order valence-corrected chi connectivity index (χ2v) is 8.75. The molecular weight excluding hydrogens is 354 g/mol. The third kappa shape index (κ3) is 3.27. The van der Waals surface area contributed by atoms with Gasteiger partial charge in [0.05, 0.1) is 5.60 Å². The van der Waals surface area contributed by atoms with Gasteiger partial charge in [-0.1, -0.05) is 6.92 Å². The van der Waals surface area contributed by atoms with Crippen molar-refractivity contribution in [3.63, 3.8) is 0 Å². The van der Waals surface area contributed by atoms with Gasteiger partial charge in [0.1, 0.15) is 0 Å². The first-order chi connectivity index (χ1) is 9.72. The molecule has 2 aliphatic heterocycles. The Labute approximate surface area is 138 Å². The van der Waals surface area contributed by atoms with Gasteiger partial charge >= 0.3 is 0 Å². The summed E-state index contributed by atoms with van der Waals surface area (Å²) in [6, 6.07) is 2.77. The van der Waals surface area contributed by atoms with Crippen LogP contribution in [0.5, 0.6) is 0 Å². The van der Waals surface area contributed by atoms with Crippen molar-refractivity contribution in [2.24, 2.45) is 5.92 Å². The van der Waals surface area contributed by atoms with Crippen LogP contribution in [0.3, 0.4) is 0 Å². The fourth-order valence-electron chi connectivity index (χ4n) is 3.42. The Bertz CT molecular complexity index is 445. The first-order valence-corrected chi connectivity index (χ1v) is 10.2. The van der Waals surface area contributed by atoms with Crippen LogP contribution in [0.1, 0.15) is 37.1 Å². The number of thiophene rings is 1. The van der Waals surface area contributed by atoms with E-state index in [1.165, 1.54) is 40.1 Å². The summed E-state index contributed by atoms with van der Waals surface area (Å²) in [5, 5.41) is 5.91. The molecule has 3 unspecified atom stereocenters. The van der Waals surface area contributed by atoms with Crippen LogP contribution in [0, 0.1) is 5.92 Å². The van der Waals surface area contributed by atoms with E-state index in [2.05, 4.69) is 51.4 Å². The molecule has 0 radical (unpaired) electrons. The van der Waals surface area contributed by atoms with E-state index in [1.807, 2.05) is 11.3 Å². The topological polar surface area (TPSA) is 21.3 Å². The Morgan fingerprint density at radius 3 is 3.15 bits per heavy atom. The van der Waals surface area contributed by atoms with Crippen LogP contribution in [0.25, 0.3) is 0 Å².